The van der Waals surface area contributed by atoms with Crippen LogP contribution in [0.1, 0.15) is 17.3 Å². The van der Waals surface area contributed by atoms with Crippen molar-refractivity contribution >= 4 is 33.8 Å². The first-order chi connectivity index (χ1) is 15.7. The van der Waals surface area contributed by atoms with E-state index in [1.54, 1.807) is 11.4 Å². The molecule has 5 rings (SSSR count). The lowest BCUT2D eigenvalue weighted by atomic mass is 9.99. The molecule has 7 nitrogen and oxygen atoms in total. The topological polar surface area (TPSA) is 81.4 Å². The fourth-order valence-corrected chi connectivity index (χ4v) is 4.67. The summed E-state index contributed by atoms with van der Waals surface area (Å²) in [7, 11) is 0. The first kappa shape index (κ1) is 19.9. The molecule has 0 aliphatic rings. The average Bonchev–Trinajstić information content (AvgIpc) is 3.44. The molecule has 158 valence electrons. The minimum Gasteiger partial charge on any atom is -0.462 e. The summed E-state index contributed by atoms with van der Waals surface area (Å²) in [6.07, 6.45) is 3.28. The zero-order chi connectivity index (χ0) is 21.9. The fraction of sp³-hybridized carbons (Fsp3) is 0.0833. The third-order valence-corrected chi connectivity index (χ3v) is 5.99. The second kappa shape index (κ2) is 8.60. The summed E-state index contributed by atoms with van der Waals surface area (Å²) in [6.45, 7) is 2.09. The van der Waals surface area contributed by atoms with Crippen molar-refractivity contribution in [3.8, 4) is 21.7 Å². The highest BCUT2D eigenvalue weighted by molar-refractivity contribution is 7.20. The van der Waals surface area contributed by atoms with E-state index in [9.17, 15) is 4.79 Å². The zero-order valence-electron chi connectivity index (χ0n) is 17.2. The third-order valence-electron chi connectivity index (χ3n) is 4.86. The number of thiophene rings is 1. The Labute approximate surface area is 188 Å². The second-order valence-corrected chi connectivity index (χ2v) is 7.93. The predicted molar refractivity (Wildman–Crippen MR) is 125 cm³/mol. The van der Waals surface area contributed by atoms with Crippen LogP contribution >= 0.6 is 11.3 Å². The summed E-state index contributed by atoms with van der Waals surface area (Å²) in [6, 6.07) is 21.4. The number of para-hydroxylation sites is 1. The molecular formula is C24H19N5O2S. The van der Waals surface area contributed by atoms with Gasteiger partial charge in [-0.15, -0.1) is 11.3 Å². The van der Waals surface area contributed by atoms with E-state index in [1.165, 1.54) is 17.7 Å². The van der Waals surface area contributed by atoms with Gasteiger partial charge in [0.05, 0.1) is 17.2 Å². The van der Waals surface area contributed by atoms with E-state index < -0.39 is 0 Å². The van der Waals surface area contributed by atoms with E-state index in [1.807, 2.05) is 72.9 Å². The summed E-state index contributed by atoms with van der Waals surface area (Å²) in [5.74, 6) is 0.112. The van der Waals surface area contributed by atoms with Crippen molar-refractivity contribution in [2.75, 3.05) is 11.9 Å². The monoisotopic (exact) mass is 441 g/mol. The van der Waals surface area contributed by atoms with Crippen molar-refractivity contribution < 1.29 is 9.53 Å². The molecule has 0 saturated heterocycles. The molecule has 0 aliphatic heterocycles. The van der Waals surface area contributed by atoms with Crippen LogP contribution in [0.5, 0.6) is 0 Å². The summed E-state index contributed by atoms with van der Waals surface area (Å²) in [5.41, 5.74) is 3.77. The summed E-state index contributed by atoms with van der Waals surface area (Å²) in [4.78, 5) is 22.9. The molecule has 0 unspecified atom stereocenters. The molecule has 3 aromatic heterocycles. The molecule has 0 aliphatic carbocycles. The molecule has 8 heteroatoms. The van der Waals surface area contributed by atoms with Gasteiger partial charge in [0.2, 0.25) is 0 Å². The van der Waals surface area contributed by atoms with Gasteiger partial charge in [0.1, 0.15) is 16.9 Å². The quantitative estimate of drug-likeness (QED) is 0.353. The molecule has 0 atom stereocenters. The van der Waals surface area contributed by atoms with E-state index in [0.717, 1.165) is 21.7 Å². The SMILES string of the molecule is CCOC(=O)c1c(Nc2ccccc2)sc(-c2ccn3ncnc3n2)c1-c1ccccc1. The largest absolute Gasteiger partial charge is 0.462 e. The Bertz CT molecular complexity index is 1380. The van der Waals surface area contributed by atoms with Gasteiger partial charge in [0, 0.05) is 17.4 Å². The van der Waals surface area contributed by atoms with Gasteiger partial charge in [-0.3, -0.25) is 0 Å². The Morgan fingerprint density at radius 1 is 1.06 bits per heavy atom. The van der Waals surface area contributed by atoms with Gasteiger partial charge in [-0.2, -0.15) is 10.1 Å². The van der Waals surface area contributed by atoms with Crippen LogP contribution in [0.2, 0.25) is 0 Å². The maximum Gasteiger partial charge on any atom is 0.341 e. The maximum absolute atomic E-state index is 13.2. The van der Waals surface area contributed by atoms with E-state index in [2.05, 4.69) is 20.4 Å². The standard InChI is InChI=1S/C24H19N5O2S/c1-2-31-23(30)20-19(16-9-5-3-6-10-16)21(18-13-14-29-24(28-18)25-15-26-29)32-22(20)27-17-11-7-4-8-12-17/h3-15,27H,2H2,1H3. The number of nitrogens with zero attached hydrogens (tertiary/aromatic N) is 4. The lowest BCUT2D eigenvalue weighted by Gasteiger charge is -2.10. The number of fused-ring (bicyclic) bond motifs is 1. The molecule has 0 fully saturated rings. The van der Waals surface area contributed by atoms with E-state index in [0.29, 0.717) is 22.0 Å². The number of rotatable bonds is 6. The van der Waals surface area contributed by atoms with Crippen LogP contribution in [-0.4, -0.2) is 32.2 Å². The van der Waals surface area contributed by atoms with Gasteiger partial charge in [-0.1, -0.05) is 48.5 Å². The lowest BCUT2D eigenvalue weighted by Crippen LogP contribution is -2.07. The normalized spacial score (nSPS) is 10.9. The van der Waals surface area contributed by atoms with Crippen LogP contribution in [0, 0.1) is 0 Å². The lowest BCUT2D eigenvalue weighted by molar-refractivity contribution is 0.0529. The molecule has 32 heavy (non-hydrogen) atoms. The van der Waals surface area contributed by atoms with Crippen LogP contribution in [0.15, 0.2) is 79.3 Å². The van der Waals surface area contributed by atoms with E-state index in [4.69, 9.17) is 4.74 Å². The molecule has 0 radical (unpaired) electrons. The van der Waals surface area contributed by atoms with Crippen LogP contribution in [-0.2, 0) is 4.74 Å². The predicted octanol–water partition coefficient (Wildman–Crippen LogP) is 5.44. The minimum absolute atomic E-state index is 0.285. The second-order valence-electron chi connectivity index (χ2n) is 6.91. The van der Waals surface area contributed by atoms with Crippen LogP contribution < -0.4 is 5.32 Å². The number of nitrogens with one attached hydrogen (secondary N) is 1. The van der Waals surface area contributed by atoms with Crippen molar-refractivity contribution in [3.63, 3.8) is 0 Å². The highest BCUT2D eigenvalue weighted by Crippen LogP contribution is 2.46. The van der Waals surface area contributed by atoms with Crippen molar-refractivity contribution in [1.82, 2.24) is 19.6 Å². The number of ether oxygens (including phenoxy) is 1. The fourth-order valence-electron chi connectivity index (χ4n) is 3.47. The Kier molecular flexibility index (Phi) is 5.35. The van der Waals surface area contributed by atoms with Gasteiger partial charge < -0.3 is 10.1 Å². The number of hydrogen-bond acceptors (Lipinski definition) is 7. The summed E-state index contributed by atoms with van der Waals surface area (Å²) in [5, 5.41) is 8.23. The van der Waals surface area contributed by atoms with Gasteiger partial charge in [-0.05, 0) is 30.7 Å². The van der Waals surface area contributed by atoms with E-state index >= 15 is 0 Å². The van der Waals surface area contributed by atoms with Gasteiger partial charge in [-0.25, -0.2) is 14.3 Å². The molecule has 3 heterocycles. The number of carbonyl (C=O) groups excluding carboxylic acids is 1. The number of anilines is 2. The van der Waals surface area contributed by atoms with Gasteiger partial charge in [0.15, 0.2) is 0 Å². The Balaban J connectivity index is 1.76. The highest BCUT2D eigenvalue weighted by atomic mass is 32.1. The summed E-state index contributed by atoms with van der Waals surface area (Å²) < 4.78 is 7.06. The van der Waals surface area contributed by atoms with Crippen molar-refractivity contribution in [1.29, 1.82) is 0 Å². The van der Waals surface area contributed by atoms with E-state index in [-0.39, 0.29) is 12.6 Å². The smallest absolute Gasteiger partial charge is 0.341 e. The average molecular weight is 442 g/mol. The third kappa shape index (κ3) is 3.72. The Morgan fingerprint density at radius 3 is 2.56 bits per heavy atom. The van der Waals surface area contributed by atoms with Crippen LogP contribution in [0.4, 0.5) is 10.7 Å². The molecule has 0 bridgehead atoms. The molecule has 0 saturated carbocycles. The molecule has 2 aromatic carbocycles. The number of carbonyl (C=O) groups is 1. The molecular weight excluding hydrogens is 422 g/mol. The maximum atomic E-state index is 13.2. The Hall–Kier alpha value is -4.04. The first-order valence-electron chi connectivity index (χ1n) is 10.1. The van der Waals surface area contributed by atoms with Crippen molar-refractivity contribution in [3.05, 3.63) is 84.8 Å². The highest BCUT2D eigenvalue weighted by Gasteiger charge is 2.27. The van der Waals surface area contributed by atoms with Gasteiger partial charge in [0.25, 0.3) is 5.78 Å². The van der Waals surface area contributed by atoms with Crippen LogP contribution in [0.3, 0.4) is 0 Å². The van der Waals surface area contributed by atoms with Crippen molar-refractivity contribution in [2.45, 2.75) is 6.92 Å². The number of hydrogen-bond donors (Lipinski definition) is 1. The first-order valence-corrected chi connectivity index (χ1v) is 10.9. The number of esters is 1. The minimum atomic E-state index is -0.379. The summed E-state index contributed by atoms with van der Waals surface area (Å²) >= 11 is 1.46. The Morgan fingerprint density at radius 2 is 1.81 bits per heavy atom. The zero-order valence-corrected chi connectivity index (χ0v) is 18.0. The molecule has 0 amide bonds. The molecule has 0 spiro atoms. The molecule has 1 N–H and O–H groups in total. The molecule has 5 aromatic rings. The van der Waals surface area contributed by atoms with Crippen LogP contribution in [0.25, 0.3) is 27.5 Å². The number of aromatic nitrogens is 4. The van der Waals surface area contributed by atoms with Gasteiger partial charge >= 0.3 is 5.97 Å². The van der Waals surface area contributed by atoms with Crippen molar-refractivity contribution in [2.24, 2.45) is 0 Å². The number of benzene rings is 2.